The number of hydrogen-bond donors (Lipinski definition) is 1. The molecule has 58 valence electrons. The van der Waals surface area contributed by atoms with E-state index in [9.17, 15) is 0 Å². The number of halogens is 2. The molecule has 1 N–H and O–H groups in total. The van der Waals surface area contributed by atoms with Crippen LogP contribution in [0.1, 0.15) is 5.56 Å². The average Bonchev–Trinajstić information content (AvgIpc) is 2.36. The van der Waals surface area contributed by atoms with E-state index in [0.29, 0.717) is 0 Å². The number of hydrogen-bond acceptors (Lipinski definition) is 1. The van der Waals surface area contributed by atoms with Crippen LogP contribution in [0.15, 0.2) is 16.6 Å². The summed E-state index contributed by atoms with van der Waals surface area (Å²) in [7, 11) is 0. The van der Waals surface area contributed by atoms with Gasteiger partial charge >= 0.3 is 0 Å². The third-order valence-corrected chi connectivity index (χ3v) is 4.15. The Hall–Kier alpha value is 0.230. The van der Waals surface area contributed by atoms with Gasteiger partial charge in [0.1, 0.15) is 0 Å². The van der Waals surface area contributed by atoms with Crippen LogP contribution in [0.25, 0.3) is 0 Å². The lowest BCUT2D eigenvalue weighted by atomic mass is 10.2. The second-order valence-corrected chi connectivity index (χ2v) is 4.62. The highest BCUT2D eigenvalue weighted by molar-refractivity contribution is 14.1. The van der Waals surface area contributed by atoms with Gasteiger partial charge in [0.15, 0.2) is 0 Å². The molecule has 1 heterocycles. The highest BCUT2D eigenvalue weighted by Crippen LogP contribution is 2.29. The van der Waals surface area contributed by atoms with E-state index in [2.05, 4.69) is 56.0 Å². The molecule has 0 aliphatic carbocycles. The van der Waals surface area contributed by atoms with E-state index in [1.54, 1.807) is 0 Å². The molecule has 0 spiro atoms. The molecule has 0 fully saturated rings. The molecule has 0 radical (unpaired) electrons. The molecule has 1 aromatic carbocycles. The van der Waals surface area contributed by atoms with Crippen molar-refractivity contribution in [1.82, 2.24) is 0 Å². The van der Waals surface area contributed by atoms with Crippen LogP contribution in [0.2, 0.25) is 0 Å². The van der Waals surface area contributed by atoms with Crippen molar-refractivity contribution in [3.05, 3.63) is 25.7 Å². The SMILES string of the molecule is Brc1cc2c(cc1I)CCN2. The minimum Gasteiger partial charge on any atom is -0.384 e. The number of nitrogens with one attached hydrogen (secondary N) is 1. The van der Waals surface area contributed by atoms with Crippen molar-refractivity contribution in [1.29, 1.82) is 0 Å². The molecule has 0 saturated carbocycles. The second kappa shape index (κ2) is 2.94. The Morgan fingerprint density at radius 3 is 3.09 bits per heavy atom. The van der Waals surface area contributed by atoms with Crippen LogP contribution in [0.4, 0.5) is 5.69 Å². The van der Waals surface area contributed by atoms with Crippen molar-refractivity contribution in [2.45, 2.75) is 6.42 Å². The summed E-state index contributed by atoms with van der Waals surface area (Å²) >= 11 is 5.84. The van der Waals surface area contributed by atoms with Crippen molar-refractivity contribution in [3.63, 3.8) is 0 Å². The van der Waals surface area contributed by atoms with E-state index in [-0.39, 0.29) is 0 Å². The molecule has 11 heavy (non-hydrogen) atoms. The predicted molar refractivity (Wildman–Crippen MR) is 59.1 cm³/mol. The standard InChI is InChI=1S/C8H7BrIN/c9-6-4-8-5(1-2-11-8)3-7(6)10/h3-4,11H,1-2H2. The molecule has 1 aromatic rings. The maximum absolute atomic E-state index is 3.50. The van der Waals surface area contributed by atoms with E-state index in [1.807, 2.05) is 0 Å². The largest absolute Gasteiger partial charge is 0.384 e. The quantitative estimate of drug-likeness (QED) is 0.724. The van der Waals surface area contributed by atoms with Crippen molar-refractivity contribution >= 4 is 44.2 Å². The molecule has 1 aliphatic rings. The van der Waals surface area contributed by atoms with Crippen molar-refractivity contribution in [2.24, 2.45) is 0 Å². The van der Waals surface area contributed by atoms with E-state index in [1.165, 1.54) is 25.7 Å². The first-order valence-corrected chi connectivity index (χ1v) is 5.36. The van der Waals surface area contributed by atoms with Gasteiger partial charge in [-0.15, -0.1) is 0 Å². The van der Waals surface area contributed by atoms with Gasteiger partial charge in [0.05, 0.1) is 0 Å². The van der Waals surface area contributed by atoms with E-state index >= 15 is 0 Å². The van der Waals surface area contributed by atoms with E-state index in [4.69, 9.17) is 0 Å². The van der Waals surface area contributed by atoms with Crippen molar-refractivity contribution in [2.75, 3.05) is 11.9 Å². The first-order valence-electron chi connectivity index (χ1n) is 3.49. The lowest BCUT2D eigenvalue weighted by Crippen LogP contribution is -1.90. The summed E-state index contributed by atoms with van der Waals surface area (Å²) in [4.78, 5) is 0. The topological polar surface area (TPSA) is 12.0 Å². The third-order valence-electron chi connectivity index (χ3n) is 1.86. The molecule has 0 aromatic heterocycles. The Morgan fingerprint density at radius 2 is 2.27 bits per heavy atom. The van der Waals surface area contributed by atoms with Gasteiger partial charge in [-0.05, 0) is 62.6 Å². The molecular formula is C8H7BrIN. The zero-order chi connectivity index (χ0) is 7.84. The fourth-order valence-electron chi connectivity index (χ4n) is 1.29. The van der Waals surface area contributed by atoms with Gasteiger partial charge in [0.25, 0.3) is 0 Å². The molecule has 0 atom stereocenters. The first-order chi connectivity index (χ1) is 5.27. The molecule has 0 saturated heterocycles. The monoisotopic (exact) mass is 323 g/mol. The minimum atomic E-state index is 1.09. The molecule has 0 unspecified atom stereocenters. The van der Waals surface area contributed by atoms with Gasteiger partial charge in [0, 0.05) is 20.3 Å². The van der Waals surface area contributed by atoms with Crippen LogP contribution in [-0.2, 0) is 6.42 Å². The maximum Gasteiger partial charge on any atom is 0.0385 e. The summed E-state index contributed by atoms with van der Waals surface area (Å²) in [5.41, 5.74) is 2.73. The first kappa shape index (κ1) is 7.86. The van der Waals surface area contributed by atoms with E-state index in [0.717, 1.165) is 6.54 Å². The zero-order valence-electron chi connectivity index (χ0n) is 5.82. The number of fused-ring (bicyclic) bond motifs is 1. The van der Waals surface area contributed by atoms with Crippen LogP contribution in [0.5, 0.6) is 0 Å². The Kier molecular flexibility index (Phi) is 2.10. The van der Waals surface area contributed by atoms with Gasteiger partial charge in [-0.2, -0.15) is 0 Å². The molecule has 0 amide bonds. The Bertz CT molecular complexity index is 269. The van der Waals surface area contributed by atoms with Gasteiger partial charge < -0.3 is 5.32 Å². The number of benzene rings is 1. The van der Waals surface area contributed by atoms with Gasteiger partial charge in [-0.25, -0.2) is 0 Å². The Labute approximate surface area is 87.8 Å². The normalized spacial score (nSPS) is 14.4. The summed E-state index contributed by atoms with van der Waals surface area (Å²) in [6, 6.07) is 4.39. The average molecular weight is 324 g/mol. The van der Waals surface area contributed by atoms with Crippen LogP contribution < -0.4 is 5.32 Å². The Morgan fingerprint density at radius 1 is 1.45 bits per heavy atom. The molecule has 3 heteroatoms. The van der Waals surface area contributed by atoms with E-state index < -0.39 is 0 Å². The highest BCUT2D eigenvalue weighted by atomic mass is 127. The summed E-state index contributed by atoms with van der Waals surface area (Å²) in [5.74, 6) is 0. The summed E-state index contributed by atoms with van der Waals surface area (Å²) in [6.07, 6.45) is 1.17. The summed E-state index contributed by atoms with van der Waals surface area (Å²) < 4.78 is 2.48. The van der Waals surface area contributed by atoms with Gasteiger partial charge in [-0.1, -0.05) is 0 Å². The molecule has 2 rings (SSSR count). The molecule has 0 bridgehead atoms. The smallest absolute Gasteiger partial charge is 0.0385 e. The molecule has 1 aliphatic heterocycles. The second-order valence-electron chi connectivity index (χ2n) is 2.60. The van der Waals surface area contributed by atoms with Gasteiger partial charge in [-0.3, -0.25) is 0 Å². The summed E-state index contributed by atoms with van der Waals surface area (Å²) in [5, 5.41) is 3.33. The van der Waals surface area contributed by atoms with Crippen LogP contribution >= 0.6 is 38.5 Å². The molecular weight excluding hydrogens is 317 g/mol. The Balaban J connectivity index is 2.57. The van der Waals surface area contributed by atoms with Crippen molar-refractivity contribution in [3.8, 4) is 0 Å². The van der Waals surface area contributed by atoms with Crippen molar-refractivity contribution < 1.29 is 0 Å². The zero-order valence-corrected chi connectivity index (χ0v) is 9.57. The van der Waals surface area contributed by atoms with Gasteiger partial charge in [0.2, 0.25) is 0 Å². The lowest BCUT2D eigenvalue weighted by Gasteiger charge is -2.01. The molecule has 1 nitrogen and oxygen atoms in total. The third kappa shape index (κ3) is 1.40. The van der Waals surface area contributed by atoms with Crippen LogP contribution in [0.3, 0.4) is 0 Å². The fraction of sp³-hybridized carbons (Fsp3) is 0.250. The van der Waals surface area contributed by atoms with Crippen LogP contribution in [-0.4, -0.2) is 6.54 Å². The number of anilines is 1. The van der Waals surface area contributed by atoms with Crippen LogP contribution in [0, 0.1) is 3.57 Å². The minimum absolute atomic E-state index is 1.09. The fourth-order valence-corrected chi connectivity index (χ4v) is 2.17. The maximum atomic E-state index is 3.50. The summed E-state index contributed by atoms with van der Waals surface area (Å²) in [6.45, 7) is 1.09. The lowest BCUT2D eigenvalue weighted by molar-refractivity contribution is 1.10. The highest BCUT2D eigenvalue weighted by Gasteiger charge is 2.11. The number of rotatable bonds is 0. The predicted octanol–water partition coefficient (Wildman–Crippen LogP) is 3.02.